The lowest BCUT2D eigenvalue weighted by atomic mass is 9.99. The van der Waals surface area contributed by atoms with Gasteiger partial charge in [0.1, 0.15) is 5.75 Å². The SMILES string of the molecule is COc1ccc(-c2cccc(OC(F)(F)F)c2C=O)cc1OC. The molecule has 0 N–H and O–H groups in total. The van der Waals surface area contributed by atoms with E-state index < -0.39 is 12.1 Å². The predicted octanol–water partition coefficient (Wildman–Crippen LogP) is 4.08. The fraction of sp³-hybridized carbons (Fsp3) is 0.188. The van der Waals surface area contributed by atoms with Crippen LogP contribution in [0.5, 0.6) is 17.2 Å². The highest BCUT2D eigenvalue weighted by Crippen LogP contribution is 2.36. The third-order valence-corrected chi connectivity index (χ3v) is 3.10. The van der Waals surface area contributed by atoms with Crippen LogP contribution in [0.3, 0.4) is 0 Å². The lowest BCUT2D eigenvalue weighted by Gasteiger charge is -2.14. The van der Waals surface area contributed by atoms with Gasteiger partial charge in [-0.3, -0.25) is 4.79 Å². The maximum absolute atomic E-state index is 12.4. The second kappa shape index (κ2) is 6.60. The zero-order chi connectivity index (χ0) is 17.0. The Morgan fingerprint density at radius 2 is 1.65 bits per heavy atom. The van der Waals surface area contributed by atoms with Gasteiger partial charge in [-0.05, 0) is 29.3 Å². The molecule has 0 aliphatic carbocycles. The first-order valence-electron chi connectivity index (χ1n) is 6.46. The first-order valence-corrected chi connectivity index (χ1v) is 6.46. The summed E-state index contributed by atoms with van der Waals surface area (Å²) in [6.07, 6.45) is -4.55. The second-order valence-corrected chi connectivity index (χ2v) is 4.45. The number of carbonyl (C=O) groups is 1. The fourth-order valence-electron chi connectivity index (χ4n) is 2.13. The van der Waals surface area contributed by atoms with Crippen molar-refractivity contribution in [2.75, 3.05) is 14.2 Å². The van der Waals surface area contributed by atoms with Crippen LogP contribution in [0.15, 0.2) is 36.4 Å². The average molecular weight is 326 g/mol. The van der Waals surface area contributed by atoms with E-state index in [1.165, 1.54) is 26.4 Å². The van der Waals surface area contributed by atoms with Gasteiger partial charge < -0.3 is 14.2 Å². The van der Waals surface area contributed by atoms with Crippen LogP contribution in [0.25, 0.3) is 11.1 Å². The number of alkyl halides is 3. The molecule has 122 valence electrons. The molecule has 0 bridgehead atoms. The number of methoxy groups -OCH3 is 2. The third kappa shape index (κ3) is 3.74. The van der Waals surface area contributed by atoms with Crippen molar-refractivity contribution in [3.05, 3.63) is 42.0 Å². The molecule has 2 aromatic carbocycles. The molecular formula is C16H13F3O4. The maximum atomic E-state index is 12.4. The molecule has 0 aliphatic rings. The Bertz CT molecular complexity index is 711. The van der Waals surface area contributed by atoms with Crippen LogP contribution >= 0.6 is 0 Å². The molecule has 23 heavy (non-hydrogen) atoms. The Morgan fingerprint density at radius 3 is 2.22 bits per heavy atom. The van der Waals surface area contributed by atoms with E-state index in [0.29, 0.717) is 28.9 Å². The van der Waals surface area contributed by atoms with E-state index >= 15 is 0 Å². The van der Waals surface area contributed by atoms with Crippen LogP contribution in [0.4, 0.5) is 13.2 Å². The molecule has 0 saturated heterocycles. The van der Waals surface area contributed by atoms with Crippen LogP contribution in [0, 0.1) is 0 Å². The minimum absolute atomic E-state index is 0.197. The Hall–Kier alpha value is -2.70. The van der Waals surface area contributed by atoms with Crippen LogP contribution in [0.1, 0.15) is 10.4 Å². The summed E-state index contributed by atoms with van der Waals surface area (Å²) < 4.78 is 51.5. The van der Waals surface area contributed by atoms with Gasteiger partial charge in [-0.15, -0.1) is 13.2 Å². The van der Waals surface area contributed by atoms with E-state index in [1.54, 1.807) is 18.2 Å². The van der Waals surface area contributed by atoms with Gasteiger partial charge in [-0.1, -0.05) is 18.2 Å². The van der Waals surface area contributed by atoms with Gasteiger partial charge >= 0.3 is 6.36 Å². The highest BCUT2D eigenvalue weighted by molar-refractivity contribution is 5.91. The van der Waals surface area contributed by atoms with Gasteiger partial charge in [-0.25, -0.2) is 0 Å². The summed E-state index contributed by atoms with van der Waals surface area (Å²) in [7, 11) is 2.90. The second-order valence-electron chi connectivity index (χ2n) is 4.45. The first-order chi connectivity index (χ1) is 10.9. The third-order valence-electron chi connectivity index (χ3n) is 3.10. The van der Waals surface area contributed by atoms with E-state index in [-0.39, 0.29) is 5.56 Å². The van der Waals surface area contributed by atoms with Gasteiger partial charge in [0.2, 0.25) is 0 Å². The molecule has 4 nitrogen and oxygen atoms in total. The molecule has 0 radical (unpaired) electrons. The molecule has 0 heterocycles. The van der Waals surface area contributed by atoms with E-state index in [9.17, 15) is 18.0 Å². The van der Waals surface area contributed by atoms with Crippen molar-refractivity contribution in [2.45, 2.75) is 6.36 Å². The molecule has 0 aliphatic heterocycles. The number of aldehydes is 1. The zero-order valence-electron chi connectivity index (χ0n) is 12.3. The monoisotopic (exact) mass is 326 g/mol. The van der Waals surface area contributed by atoms with Crippen molar-refractivity contribution in [3.63, 3.8) is 0 Å². The van der Waals surface area contributed by atoms with Gasteiger partial charge in [0.05, 0.1) is 19.8 Å². The Balaban J connectivity index is 2.55. The molecule has 0 saturated carbocycles. The Morgan fingerprint density at radius 1 is 0.957 bits per heavy atom. The molecule has 0 aromatic heterocycles. The quantitative estimate of drug-likeness (QED) is 0.777. The molecular weight excluding hydrogens is 313 g/mol. The zero-order valence-corrected chi connectivity index (χ0v) is 12.3. The van der Waals surface area contributed by atoms with Crippen LogP contribution in [-0.2, 0) is 0 Å². The van der Waals surface area contributed by atoms with Gasteiger partial charge in [0, 0.05) is 0 Å². The normalized spacial score (nSPS) is 11.0. The number of hydrogen-bond donors (Lipinski definition) is 0. The smallest absolute Gasteiger partial charge is 0.493 e. The van der Waals surface area contributed by atoms with Gasteiger partial charge in [0.15, 0.2) is 17.8 Å². The number of halogens is 3. The highest BCUT2D eigenvalue weighted by Gasteiger charge is 2.32. The predicted molar refractivity (Wildman–Crippen MR) is 77.1 cm³/mol. The summed E-state index contributed by atoms with van der Waals surface area (Å²) in [5, 5.41) is 0. The van der Waals surface area contributed by atoms with Crippen LogP contribution < -0.4 is 14.2 Å². The van der Waals surface area contributed by atoms with Crippen LogP contribution in [0.2, 0.25) is 0 Å². The fourth-order valence-corrected chi connectivity index (χ4v) is 2.13. The lowest BCUT2D eigenvalue weighted by molar-refractivity contribution is -0.274. The van der Waals surface area contributed by atoms with Crippen molar-refractivity contribution in [1.29, 1.82) is 0 Å². The summed E-state index contributed by atoms with van der Waals surface area (Å²) in [5.41, 5.74) is 0.595. The Labute approximate surface area is 130 Å². The molecule has 0 unspecified atom stereocenters. The maximum Gasteiger partial charge on any atom is 0.573 e. The van der Waals surface area contributed by atoms with E-state index in [2.05, 4.69) is 4.74 Å². The lowest BCUT2D eigenvalue weighted by Crippen LogP contribution is -2.18. The number of benzene rings is 2. The first kappa shape index (κ1) is 16.7. The van der Waals surface area contributed by atoms with E-state index in [4.69, 9.17) is 9.47 Å². The number of ether oxygens (including phenoxy) is 3. The summed E-state index contributed by atoms with van der Waals surface area (Å²) in [4.78, 5) is 11.3. The molecule has 2 aromatic rings. The molecule has 0 spiro atoms. The average Bonchev–Trinajstić information content (AvgIpc) is 2.52. The minimum atomic E-state index is -4.88. The molecule has 2 rings (SSSR count). The summed E-state index contributed by atoms with van der Waals surface area (Å²) in [6, 6.07) is 8.76. The molecule has 7 heteroatoms. The van der Waals surface area contributed by atoms with Crippen LogP contribution in [-0.4, -0.2) is 26.9 Å². The standard InChI is InChI=1S/C16H13F3O4/c1-21-14-7-6-10(8-15(14)22-2)11-4-3-5-13(12(11)9-20)23-16(17,18)19/h3-9H,1-2H3. The van der Waals surface area contributed by atoms with E-state index in [0.717, 1.165) is 6.07 Å². The summed E-state index contributed by atoms with van der Waals surface area (Å²) in [6.45, 7) is 0. The van der Waals surface area contributed by atoms with Crippen molar-refractivity contribution in [3.8, 4) is 28.4 Å². The molecule has 0 amide bonds. The van der Waals surface area contributed by atoms with Crippen molar-refractivity contribution >= 4 is 6.29 Å². The highest BCUT2D eigenvalue weighted by atomic mass is 19.4. The van der Waals surface area contributed by atoms with E-state index in [1.807, 2.05) is 0 Å². The van der Waals surface area contributed by atoms with Gasteiger partial charge in [0.25, 0.3) is 0 Å². The summed E-state index contributed by atoms with van der Waals surface area (Å²) in [5.74, 6) is 0.301. The number of hydrogen-bond acceptors (Lipinski definition) is 4. The number of carbonyl (C=O) groups excluding carboxylic acids is 1. The van der Waals surface area contributed by atoms with Crippen molar-refractivity contribution < 1.29 is 32.2 Å². The van der Waals surface area contributed by atoms with Crippen molar-refractivity contribution in [2.24, 2.45) is 0 Å². The topological polar surface area (TPSA) is 44.8 Å². The molecule has 0 atom stereocenters. The molecule has 0 fully saturated rings. The largest absolute Gasteiger partial charge is 0.573 e. The summed E-state index contributed by atoms with van der Waals surface area (Å²) >= 11 is 0. The van der Waals surface area contributed by atoms with Gasteiger partial charge in [-0.2, -0.15) is 0 Å². The Kier molecular flexibility index (Phi) is 4.78. The minimum Gasteiger partial charge on any atom is -0.493 e. The number of rotatable bonds is 5. The van der Waals surface area contributed by atoms with Crippen molar-refractivity contribution in [1.82, 2.24) is 0 Å².